The van der Waals surface area contributed by atoms with Gasteiger partial charge in [0.1, 0.15) is 0 Å². The highest BCUT2D eigenvalue weighted by Crippen LogP contribution is 2.26. The number of rotatable bonds is 4. The highest BCUT2D eigenvalue weighted by Gasteiger charge is 2.22. The van der Waals surface area contributed by atoms with E-state index in [1.807, 2.05) is 41.9 Å². The lowest BCUT2D eigenvalue weighted by atomic mass is 10.1. The van der Waals surface area contributed by atoms with Crippen LogP contribution in [0.25, 0.3) is 22.6 Å². The molecule has 0 bridgehead atoms. The number of amides is 1. The van der Waals surface area contributed by atoms with Crippen LogP contribution in [0.2, 0.25) is 0 Å². The van der Waals surface area contributed by atoms with Gasteiger partial charge in [0.05, 0.1) is 29.6 Å². The van der Waals surface area contributed by atoms with Gasteiger partial charge in [-0.2, -0.15) is 5.10 Å². The smallest absolute Gasteiger partial charge is 0.302 e. The Bertz CT molecular complexity index is 961. The molecule has 0 radical (unpaired) electrons. The van der Waals surface area contributed by atoms with Crippen molar-refractivity contribution in [1.82, 2.24) is 14.6 Å². The van der Waals surface area contributed by atoms with E-state index in [4.69, 9.17) is 10.2 Å². The molecule has 25 heavy (non-hydrogen) atoms. The maximum absolute atomic E-state index is 11.9. The first-order chi connectivity index (χ1) is 12.2. The summed E-state index contributed by atoms with van der Waals surface area (Å²) in [6.07, 6.45) is 1.64. The van der Waals surface area contributed by atoms with Gasteiger partial charge >= 0.3 is 5.24 Å². The van der Waals surface area contributed by atoms with Crippen molar-refractivity contribution in [2.75, 3.05) is 18.8 Å². The molecule has 1 aliphatic heterocycles. The lowest BCUT2D eigenvalue weighted by Crippen LogP contribution is -2.33. The number of fused-ring (bicyclic) bond motifs is 1. The van der Waals surface area contributed by atoms with Crippen molar-refractivity contribution in [2.45, 2.75) is 0 Å². The van der Waals surface area contributed by atoms with Gasteiger partial charge in [-0.3, -0.25) is 4.79 Å². The zero-order valence-electron chi connectivity index (χ0n) is 13.7. The minimum atomic E-state index is -0.0618. The van der Waals surface area contributed by atoms with Crippen LogP contribution < -0.4 is 5.73 Å². The summed E-state index contributed by atoms with van der Waals surface area (Å²) in [4.78, 5) is 16.5. The molecule has 0 unspecified atom stereocenters. The summed E-state index contributed by atoms with van der Waals surface area (Å²) in [6, 6.07) is 9.75. The summed E-state index contributed by atoms with van der Waals surface area (Å²) in [5.41, 5.74) is 9.23. The van der Waals surface area contributed by atoms with E-state index in [0.717, 1.165) is 33.9 Å². The average molecular weight is 355 g/mol. The molecule has 0 saturated heterocycles. The number of benzene rings is 1. The molecule has 1 aliphatic rings. The molecule has 8 heteroatoms. The summed E-state index contributed by atoms with van der Waals surface area (Å²) in [6.45, 7) is 0.804. The SMILES string of the molecule is Cn1c(-c2ccco2)nc2cc(C3=NN(CCN)C(=O)SC3)ccc21. The van der Waals surface area contributed by atoms with Gasteiger partial charge in [-0.25, -0.2) is 9.99 Å². The largest absolute Gasteiger partial charge is 0.461 e. The second-order valence-corrected chi connectivity index (χ2v) is 6.61. The number of carbonyl (C=O) groups is 1. The van der Waals surface area contributed by atoms with Crippen LogP contribution in [0.3, 0.4) is 0 Å². The Hall–Kier alpha value is -2.58. The predicted octanol–water partition coefficient (Wildman–Crippen LogP) is 2.66. The standard InChI is InChI=1S/C17H17N5O2S/c1-21-14-5-4-11(13-10-25-17(23)22(20-13)7-6-18)9-12(14)19-16(21)15-3-2-8-24-15/h2-5,8-9H,6-7,10,18H2,1H3. The highest BCUT2D eigenvalue weighted by atomic mass is 32.2. The topological polar surface area (TPSA) is 89.7 Å². The van der Waals surface area contributed by atoms with Crippen molar-refractivity contribution in [3.05, 3.63) is 42.2 Å². The second-order valence-electron chi connectivity index (χ2n) is 5.69. The fourth-order valence-electron chi connectivity index (χ4n) is 2.83. The number of nitrogens with two attached hydrogens (primary N) is 1. The van der Waals surface area contributed by atoms with E-state index in [2.05, 4.69) is 10.1 Å². The van der Waals surface area contributed by atoms with E-state index < -0.39 is 0 Å². The molecule has 0 aliphatic carbocycles. The predicted molar refractivity (Wildman–Crippen MR) is 98.6 cm³/mol. The van der Waals surface area contributed by atoms with Crippen LogP contribution >= 0.6 is 11.8 Å². The molecular weight excluding hydrogens is 338 g/mol. The molecule has 1 amide bonds. The van der Waals surface area contributed by atoms with E-state index in [0.29, 0.717) is 18.8 Å². The monoisotopic (exact) mass is 355 g/mol. The fraction of sp³-hybridized carbons (Fsp3) is 0.235. The number of imidazole rings is 1. The minimum absolute atomic E-state index is 0.0618. The third-order valence-corrected chi connectivity index (χ3v) is 4.96. The van der Waals surface area contributed by atoms with Crippen molar-refractivity contribution in [3.8, 4) is 11.6 Å². The Morgan fingerprint density at radius 2 is 2.24 bits per heavy atom. The molecule has 0 spiro atoms. The number of hydrogen-bond acceptors (Lipinski definition) is 6. The van der Waals surface area contributed by atoms with Crippen LogP contribution in [0.1, 0.15) is 5.56 Å². The molecule has 3 aromatic rings. The van der Waals surface area contributed by atoms with Crippen LogP contribution in [-0.4, -0.2) is 44.4 Å². The van der Waals surface area contributed by atoms with Crippen molar-refractivity contribution in [3.63, 3.8) is 0 Å². The van der Waals surface area contributed by atoms with Gasteiger partial charge in [0.25, 0.3) is 0 Å². The number of carbonyl (C=O) groups excluding carboxylic acids is 1. The Morgan fingerprint density at radius 3 is 3.00 bits per heavy atom. The van der Waals surface area contributed by atoms with Gasteiger partial charge in [-0.15, -0.1) is 0 Å². The van der Waals surface area contributed by atoms with Gasteiger partial charge in [0, 0.05) is 24.9 Å². The normalized spacial score (nSPS) is 15.0. The molecule has 0 saturated carbocycles. The van der Waals surface area contributed by atoms with E-state index in [-0.39, 0.29) is 5.24 Å². The molecule has 2 aromatic heterocycles. The Labute approximate surface area is 148 Å². The molecule has 0 fully saturated rings. The number of aromatic nitrogens is 2. The summed E-state index contributed by atoms with van der Waals surface area (Å²) < 4.78 is 7.46. The summed E-state index contributed by atoms with van der Waals surface area (Å²) >= 11 is 1.24. The molecule has 128 valence electrons. The van der Waals surface area contributed by atoms with Crippen LogP contribution in [-0.2, 0) is 7.05 Å². The number of aryl methyl sites for hydroxylation is 1. The van der Waals surface area contributed by atoms with Crippen LogP contribution in [0.5, 0.6) is 0 Å². The minimum Gasteiger partial charge on any atom is -0.461 e. The van der Waals surface area contributed by atoms with Gasteiger partial charge < -0.3 is 14.7 Å². The van der Waals surface area contributed by atoms with Crippen LogP contribution in [0.4, 0.5) is 4.79 Å². The molecular formula is C17H17N5O2S. The fourth-order valence-corrected chi connectivity index (χ4v) is 3.60. The molecule has 1 aromatic carbocycles. The van der Waals surface area contributed by atoms with Crippen molar-refractivity contribution in [1.29, 1.82) is 0 Å². The number of hydrogen-bond donors (Lipinski definition) is 1. The number of hydrazone groups is 1. The number of furan rings is 1. The Kier molecular flexibility index (Phi) is 4.06. The molecule has 3 heterocycles. The maximum Gasteiger partial charge on any atom is 0.302 e. The lowest BCUT2D eigenvalue weighted by molar-refractivity contribution is 0.226. The zero-order valence-corrected chi connectivity index (χ0v) is 14.5. The first kappa shape index (κ1) is 15.9. The second kappa shape index (κ2) is 6.38. The first-order valence-corrected chi connectivity index (χ1v) is 8.88. The highest BCUT2D eigenvalue weighted by molar-refractivity contribution is 8.14. The van der Waals surface area contributed by atoms with Gasteiger partial charge in [0.15, 0.2) is 11.6 Å². The van der Waals surface area contributed by atoms with Crippen LogP contribution in [0, 0.1) is 0 Å². The van der Waals surface area contributed by atoms with Gasteiger partial charge in [-0.05, 0) is 24.3 Å². The van der Waals surface area contributed by atoms with E-state index in [1.165, 1.54) is 16.8 Å². The Balaban J connectivity index is 1.74. The average Bonchev–Trinajstić information content (AvgIpc) is 3.25. The van der Waals surface area contributed by atoms with Crippen LogP contribution in [0.15, 0.2) is 46.1 Å². The van der Waals surface area contributed by atoms with Crippen molar-refractivity contribution in [2.24, 2.45) is 17.9 Å². The Morgan fingerprint density at radius 1 is 1.36 bits per heavy atom. The van der Waals surface area contributed by atoms with Crippen molar-refractivity contribution < 1.29 is 9.21 Å². The third kappa shape index (κ3) is 2.83. The first-order valence-electron chi connectivity index (χ1n) is 7.90. The number of thioether (sulfide) groups is 1. The zero-order chi connectivity index (χ0) is 17.4. The quantitative estimate of drug-likeness (QED) is 0.777. The van der Waals surface area contributed by atoms with E-state index >= 15 is 0 Å². The van der Waals surface area contributed by atoms with E-state index in [1.54, 1.807) is 6.26 Å². The van der Waals surface area contributed by atoms with E-state index in [9.17, 15) is 4.79 Å². The lowest BCUT2D eigenvalue weighted by Gasteiger charge is -2.22. The molecule has 4 rings (SSSR count). The van der Waals surface area contributed by atoms with Crippen molar-refractivity contribution >= 4 is 33.7 Å². The van der Waals surface area contributed by atoms with Gasteiger partial charge in [-0.1, -0.05) is 17.8 Å². The number of nitrogens with zero attached hydrogens (tertiary/aromatic N) is 4. The summed E-state index contributed by atoms with van der Waals surface area (Å²) in [5.74, 6) is 2.05. The summed E-state index contributed by atoms with van der Waals surface area (Å²) in [5, 5.41) is 5.82. The molecule has 0 atom stereocenters. The molecule has 2 N–H and O–H groups in total. The molecule has 7 nitrogen and oxygen atoms in total. The third-order valence-electron chi connectivity index (χ3n) is 4.08. The maximum atomic E-state index is 11.9. The summed E-state index contributed by atoms with van der Waals surface area (Å²) in [7, 11) is 1.96. The van der Waals surface area contributed by atoms with Gasteiger partial charge in [0.2, 0.25) is 0 Å².